The second-order valence-corrected chi connectivity index (χ2v) is 11.7. The Labute approximate surface area is 230 Å². The van der Waals surface area contributed by atoms with Gasteiger partial charge in [-0.1, -0.05) is 31.2 Å². The number of anilines is 1. The number of primary amides is 1. The first kappa shape index (κ1) is 26.8. The third kappa shape index (κ3) is 5.82. The number of ether oxygens (including phenoxy) is 2. The van der Waals surface area contributed by atoms with Crippen LogP contribution in [-0.4, -0.2) is 51.9 Å². The van der Waals surface area contributed by atoms with Crippen LogP contribution in [-0.2, 0) is 4.74 Å². The minimum absolute atomic E-state index is 0.0549. The van der Waals surface area contributed by atoms with Crippen molar-refractivity contribution in [2.45, 2.75) is 64.5 Å². The fourth-order valence-corrected chi connectivity index (χ4v) is 5.85. The summed E-state index contributed by atoms with van der Waals surface area (Å²) >= 11 is 0. The van der Waals surface area contributed by atoms with E-state index in [-0.39, 0.29) is 24.0 Å². The van der Waals surface area contributed by atoms with E-state index in [9.17, 15) is 9.59 Å². The number of piperidine rings is 1. The van der Waals surface area contributed by atoms with Crippen LogP contribution in [0.15, 0.2) is 54.3 Å². The Balaban J connectivity index is 1.34. The highest BCUT2D eigenvalue weighted by Gasteiger charge is 2.38. The van der Waals surface area contributed by atoms with Gasteiger partial charge in [0.1, 0.15) is 28.5 Å². The summed E-state index contributed by atoms with van der Waals surface area (Å²) in [5.41, 5.74) is 6.59. The van der Waals surface area contributed by atoms with E-state index in [4.69, 9.17) is 20.3 Å². The van der Waals surface area contributed by atoms with Gasteiger partial charge < -0.3 is 25.4 Å². The number of hydrogen-bond acceptors (Lipinski definition) is 6. The maximum Gasteiger partial charge on any atom is 0.410 e. The molecule has 208 valence electrons. The Morgan fingerprint density at radius 2 is 1.82 bits per heavy atom. The number of rotatable bonds is 5. The number of likely N-dealkylation sites (tertiary alicyclic amines) is 1. The summed E-state index contributed by atoms with van der Waals surface area (Å²) in [6.07, 6.45) is 8.41. The second-order valence-electron chi connectivity index (χ2n) is 11.7. The fourth-order valence-electron chi connectivity index (χ4n) is 5.85. The Morgan fingerprint density at radius 3 is 2.46 bits per heavy atom. The molecule has 0 spiro atoms. The van der Waals surface area contributed by atoms with Gasteiger partial charge >= 0.3 is 6.09 Å². The van der Waals surface area contributed by atoms with Gasteiger partial charge in [0.15, 0.2) is 0 Å². The van der Waals surface area contributed by atoms with Gasteiger partial charge in [-0.25, -0.2) is 9.48 Å². The maximum absolute atomic E-state index is 12.7. The molecule has 1 aliphatic carbocycles. The third-order valence-corrected chi connectivity index (χ3v) is 7.72. The van der Waals surface area contributed by atoms with E-state index in [1.165, 1.54) is 0 Å². The van der Waals surface area contributed by atoms with Crippen molar-refractivity contribution >= 4 is 17.8 Å². The number of aromatic nitrogens is 2. The number of para-hydroxylation sites is 1. The van der Waals surface area contributed by atoms with Crippen LogP contribution in [0.5, 0.6) is 5.75 Å². The highest BCUT2D eigenvalue weighted by atomic mass is 16.6. The molecule has 9 heteroatoms. The zero-order valence-corrected chi connectivity index (χ0v) is 23.2. The summed E-state index contributed by atoms with van der Waals surface area (Å²) < 4.78 is 13.6. The van der Waals surface area contributed by atoms with Crippen LogP contribution in [0.2, 0.25) is 0 Å². The van der Waals surface area contributed by atoms with E-state index >= 15 is 0 Å². The van der Waals surface area contributed by atoms with Crippen molar-refractivity contribution in [3.63, 3.8) is 0 Å². The normalized spacial score (nSPS) is 23.4. The van der Waals surface area contributed by atoms with Crippen molar-refractivity contribution in [1.29, 1.82) is 0 Å². The van der Waals surface area contributed by atoms with E-state index in [0.717, 1.165) is 37.3 Å². The van der Waals surface area contributed by atoms with Gasteiger partial charge in [0, 0.05) is 25.6 Å². The number of carbonyl (C=O) groups excluding carboxylic acids is 2. The van der Waals surface area contributed by atoms with Crippen LogP contribution in [0.1, 0.15) is 75.0 Å². The molecule has 3 atom stereocenters. The number of hydrogen-bond donors (Lipinski definition) is 2. The Kier molecular flexibility index (Phi) is 7.42. The smallest absolute Gasteiger partial charge is 0.410 e. The zero-order chi connectivity index (χ0) is 27.7. The molecular formula is C30H39N5O4. The molecule has 1 saturated heterocycles. The average Bonchev–Trinajstić information content (AvgIpc) is 3.28. The van der Waals surface area contributed by atoms with Gasteiger partial charge in [0.2, 0.25) is 0 Å². The highest BCUT2D eigenvalue weighted by molar-refractivity contribution is 5.99. The van der Waals surface area contributed by atoms with Crippen molar-refractivity contribution in [1.82, 2.24) is 14.7 Å². The lowest BCUT2D eigenvalue weighted by atomic mass is 9.85. The monoisotopic (exact) mass is 533 g/mol. The molecule has 2 aromatic rings. The van der Waals surface area contributed by atoms with Gasteiger partial charge in [-0.2, -0.15) is 5.10 Å². The molecule has 1 fully saturated rings. The molecule has 3 aliphatic rings. The van der Waals surface area contributed by atoms with E-state index in [0.29, 0.717) is 36.1 Å². The van der Waals surface area contributed by atoms with E-state index < -0.39 is 11.5 Å². The molecular weight excluding hydrogens is 494 g/mol. The summed E-state index contributed by atoms with van der Waals surface area (Å²) in [6.45, 7) is 9.79. The van der Waals surface area contributed by atoms with Gasteiger partial charge in [-0.05, 0) is 76.2 Å². The number of nitrogens with one attached hydrogen (secondary N) is 1. The molecule has 3 heterocycles. The Hall–Kier alpha value is -3.75. The molecule has 3 N–H and O–H groups in total. The summed E-state index contributed by atoms with van der Waals surface area (Å²) in [6, 6.07) is 9.80. The van der Waals surface area contributed by atoms with Crippen LogP contribution in [0.3, 0.4) is 0 Å². The highest BCUT2D eigenvalue weighted by Crippen LogP contribution is 2.41. The molecule has 2 aliphatic heterocycles. The van der Waals surface area contributed by atoms with Gasteiger partial charge in [0.25, 0.3) is 5.91 Å². The van der Waals surface area contributed by atoms with Crippen LogP contribution in [0.4, 0.5) is 10.6 Å². The number of fused-ring (bicyclic) bond motifs is 1. The standard InChI is InChI=1S/C30H39N5O4/c1-19-18-22(38-21-8-6-5-7-9-21)10-11-23(19)26-25(27(31)36)28-32-15-12-24(35(28)33-26)20-13-16-34(17-14-20)29(37)39-30(2,3)4/h5-11,18-20,23-24,32H,12-17H2,1-4H3,(H2,31,36). The van der Waals surface area contributed by atoms with E-state index in [1.807, 2.05) is 61.9 Å². The predicted molar refractivity (Wildman–Crippen MR) is 150 cm³/mol. The lowest BCUT2D eigenvalue weighted by Gasteiger charge is -2.38. The number of allylic oxidation sites excluding steroid dienone is 3. The summed E-state index contributed by atoms with van der Waals surface area (Å²) in [7, 11) is 0. The lowest BCUT2D eigenvalue weighted by molar-refractivity contribution is 0.0157. The molecule has 0 saturated carbocycles. The fraction of sp³-hybridized carbons (Fsp3) is 0.500. The summed E-state index contributed by atoms with van der Waals surface area (Å²) in [4.78, 5) is 27.1. The van der Waals surface area contributed by atoms with E-state index in [1.54, 1.807) is 4.90 Å². The molecule has 3 unspecified atom stereocenters. The largest absolute Gasteiger partial charge is 0.458 e. The SMILES string of the molecule is CC1C=C(Oc2ccccc2)C=CC1c1nn2c(c1C(N)=O)NCCC2C1CCN(C(=O)OC(C)(C)C)CC1. The van der Waals surface area contributed by atoms with Crippen LogP contribution < -0.4 is 15.8 Å². The van der Waals surface area contributed by atoms with Crippen molar-refractivity contribution < 1.29 is 19.1 Å². The quantitative estimate of drug-likeness (QED) is 0.544. The number of carbonyl (C=O) groups is 2. The first-order valence-corrected chi connectivity index (χ1v) is 13.9. The molecule has 1 aromatic heterocycles. The number of nitrogens with zero attached hydrogens (tertiary/aromatic N) is 3. The van der Waals surface area contributed by atoms with Crippen LogP contribution in [0.25, 0.3) is 0 Å². The molecule has 39 heavy (non-hydrogen) atoms. The molecule has 1 aromatic carbocycles. The number of amides is 2. The Morgan fingerprint density at radius 1 is 1.10 bits per heavy atom. The molecule has 0 radical (unpaired) electrons. The average molecular weight is 534 g/mol. The lowest BCUT2D eigenvalue weighted by Crippen LogP contribution is -2.43. The minimum Gasteiger partial charge on any atom is -0.458 e. The zero-order valence-electron chi connectivity index (χ0n) is 23.2. The van der Waals surface area contributed by atoms with Crippen molar-refractivity contribution in [2.24, 2.45) is 17.6 Å². The van der Waals surface area contributed by atoms with Crippen LogP contribution in [0, 0.1) is 11.8 Å². The van der Waals surface area contributed by atoms with Crippen molar-refractivity contribution in [3.8, 4) is 5.75 Å². The maximum atomic E-state index is 12.7. The summed E-state index contributed by atoms with van der Waals surface area (Å²) in [5.74, 6) is 2.06. The molecule has 9 nitrogen and oxygen atoms in total. The number of benzene rings is 1. The first-order valence-electron chi connectivity index (χ1n) is 13.9. The molecule has 5 rings (SSSR count). The minimum atomic E-state index is -0.511. The van der Waals surface area contributed by atoms with Crippen molar-refractivity contribution in [3.05, 3.63) is 65.6 Å². The first-order chi connectivity index (χ1) is 18.6. The van der Waals surface area contributed by atoms with Crippen LogP contribution >= 0.6 is 0 Å². The van der Waals surface area contributed by atoms with E-state index in [2.05, 4.69) is 24.4 Å². The molecule has 2 amide bonds. The molecule has 0 bridgehead atoms. The third-order valence-electron chi connectivity index (χ3n) is 7.72. The summed E-state index contributed by atoms with van der Waals surface area (Å²) in [5, 5.41) is 8.44. The second kappa shape index (κ2) is 10.8. The topological polar surface area (TPSA) is 112 Å². The Bertz CT molecular complexity index is 1270. The van der Waals surface area contributed by atoms with Gasteiger partial charge in [-0.3, -0.25) is 4.79 Å². The predicted octanol–water partition coefficient (Wildman–Crippen LogP) is 5.24. The number of nitrogens with two attached hydrogens (primary N) is 1. The van der Waals surface area contributed by atoms with Crippen molar-refractivity contribution in [2.75, 3.05) is 25.0 Å². The van der Waals surface area contributed by atoms with Gasteiger partial charge in [0.05, 0.1) is 11.7 Å². The van der Waals surface area contributed by atoms with Gasteiger partial charge in [-0.15, -0.1) is 0 Å².